The zero-order valence-electron chi connectivity index (χ0n) is 11.0. The number of hydrogen-bond acceptors (Lipinski definition) is 2. The number of hydrogen-bond donors (Lipinski definition) is 0. The molecule has 0 saturated carbocycles. The van der Waals surface area contributed by atoms with Gasteiger partial charge in [0.05, 0.1) is 5.69 Å². The Morgan fingerprint density at radius 2 is 1.95 bits per heavy atom. The van der Waals surface area contributed by atoms with Crippen LogP contribution in [0.3, 0.4) is 0 Å². The molecule has 3 nitrogen and oxygen atoms in total. The second-order valence-electron chi connectivity index (χ2n) is 4.82. The fourth-order valence-electron chi connectivity index (χ4n) is 2.25. The van der Waals surface area contributed by atoms with Gasteiger partial charge in [-0.2, -0.15) is 0 Å². The van der Waals surface area contributed by atoms with Crippen LogP contribution >= 0.6 is 11.6 Å². The lowest BCUT2D eigenvalue weighted by molar-refractivity contribution is -0.134. The molecule has 1 heterocycles. The topological polar surface area (TPSA) is 23.6 Å². The Labute approximate surface area is 117 Å². The van der Waals surface area contributed by atoms with Crippen LogP contribution in [0.5, 0.6) is 0 Å². The van der Waals surface area contributed by atoms with E-state index in [-0.39, 0.29) is 17.6 Å². The molecule has 1 amide bonds. The SMILES string of the molecule is CC(CCl)C(=O)N1CCN(c2ccccc2F)CC1. The van der Waals surface area contributed by atoms with E-state index < -0.39 is 0 Å². The molecule has 1 aliphatic rings. The number of alkyl halides is 1. The van der Waals surface area contributed by atoms with E-state index in [0.717, 1.165) is 0 Å². The van der Waals surface area contributed by atoms with E-state index in [2.05, 4.69) is 0 Å². The molecule has 1 aromatic carbocycles. The zero-order chi connectivity index (χ0) is 13.8. The van der Waals surface area contributed by atoms with Crippen LogP contribution in [-0.4, -0.2) is 42.9 Å². The number of rotatable bonds is 3. The van der Waals surface area contributed by atoms with Crippen molar-refractivity contribution in [1.29, 1.82) is 0 Å². The minimum absolute atomic E-state index is 0.0863. The zero-order valence-corrected chi connectivity index (χ0v) is 11.7. The van der Waals surface area contributed by atoms with Gasteiger partial charge >= 0.3 is 0 Å². The van der Waals surface area contributed by atoms with Crippen LogP contribution in [0.1, 0.15) is 6.92 Å². The summed E-state index contributed by atoms with van der Waals surface area (Å²) in [4.78, 5) is 15.8. The Morgan fingerprint density at radius 3 is 2.53 bits per heavy atom. The number of benzene rings is 1. The van der Waals surface area contributed by atoms with Crippen molar-refractivity contribution < 1.29 is 9.18 Å². The van der Waals surface area contributed by atoms with Crippen LogP contribution in [0.25, 0.3) is 0 Å². The average molecular weight is 285 g/mol. The van der Waals surface area contributed by atoms with Crippen molar-refractivity contribution in [1.82, 2.24) is 4.90 Å². The molecule has 19 heavy (non-hydrogen) atoms. The maximum Gasteiger partial charge on any atom is 0.226 e. The molecule has 1 atom stereocenters. The summed E-state index contributed by atoms with van der Waals surface area (Å²) in [5.74, 6) is 0.0630. The van der Waals surface area contributed by atoms with Gasteiger partial charge in [0.2, 0.25) is 5.91 Å². The van der Waals surface area contributed by atoms with E-state index in [0.29, 0.717) is 37.7 Å². The number of para-hydroxylation sites is 1. The van der Waals surface area contributed by atoms with Gasteiger partial charge < -0.3 is 9.80 Å². The molecule has 104 valence electrons. The van der Waals surface area contributed by atoms with E-state index in [4.69, 9.17) is 11.6 Å². The summed E-state index contributed by atoms with van der Waals surface area (Å²) in [6, 6.07) is 6.74. The van der Waals surface area contributed by atoms with Gasteiger partial charge in [-0.3, -0.25) is 4.79 Å². The Kier molecular flexibility index (Phi) is 4.64. The molecule has 1 saturated heterocycles. The highest BCUT2D eigenvalue weighted by Crippen LogP contribution is 2.20. The third-order valence-electron chi connectivity index (χ3n) is 3.44. The van der Waals surface area contributed by atoms with Crippen molar-refractivity contribution in [3.63, 3.8) is 0 Å². The molecule has 0 bridgehead atoms. The third kappa shape index (κ3) is 3.18. The molecule has 0 spiro atoms. The quantitative estimate of drug-likeness (QED) is 0.796. The maximum atomic E-state index is 13.7. The van der Waals surface area contributed by atoms with E-state index in [1.165, 1.54) is 6.07 Å². The van der Waals surface area contributed by atoms with Crippen LogP contribution in [-0.2, 0) is 4.79 Å². The van der Waals surface area contributed by atoms with Crippen LogP contribution in [0.4, 0.5) is 10.1 Å². The highest BCUT2D eigenvalue weighted by atomic mass is 35.5. The average Bonchev–Trinajstić information content (AvgIpc) is 2.46. The molecule has 1 unspecified atom stereocenters. The lowest BCUT2D eigenvalue weighted by Crippen LogP contribution is -2.50. The number of anilines is 1. The second-order valence-corrected chi connectivity index (χ2v) is 5.13. The molecule has 1 aliphatic heterocycles. The first-order chi connectivity index (χ1) is 9.13. The summed E-state index contributed by atoms with van der Waals surface area (Å²) in [5.41, 5.74) is 0.611. The summed E-state index contributed by atoms with van der Waals surface area (Å²) >= 11 is 5.70. The number of amides is 1. The van der Waals surface area contributed by atoms with Crippen LogP contribution in [0.15, 0.2) is 24.3 Å². The highest BCUT2D eigenvalue weighted by Gasteiger charge is 2.25. The van der Waals surface area contributed by atoms with Gasteiger partial charge in [-0.1, -0.05) is 19.1 Å². The summed E-state index contributed by atoms with van der Waals surface area (Å²) in [5, 5.41) is 0. The second kappa shape index (κ2) is 6.24. The Hall–Kier alpha value is -1.29. The fraction of sp³-hybridized carbons (Fsp3) is 0.500. The molecule has 0 aliphatic carbocycles. The van der Waals surface area contributed by atoms with Crippen molar-refractivity contribution >= 4 is 23.2 Å². The predicted octanol–water partition coefficient (Wildman–Crippen LogP) is 2.35. The van der Waals surface area contributed by atoms with Crippen LogP contribution < -0.4 is 4.90 Å². The van der Waals surface area contributed by atoms with Gasteiger partial charge in [0.1, 0.15) is 5.82 Å². The summed E-state index contributed by atoms with van der Waals surface area (Å²) in [6.45, 7) is 4.38. The van der Waals surface area contributed by atoms with Gasteiger partial charge in [0, 0.05) is 38.0 Å². The normalized spacial score (nSPS) is 17.4. The molecule has 0 aromatic heterocycles. The molecular formula is C14H18ClFN2O. The number of nitrogens with zero attached hydrogens (tertiary/aromatic N) is 2. The van der Waals surface area contributed by atoms with E-state index in [1.54, 1.807) is 12.1 Å². The first-order valence-corrected chi connectivity index (χ1v) is 7.01. The van der Waals surface area contributed by atoms with Gasteiger partial charge in [-0.25, -0.2) is 4.39 Å². The first-order valence-electron chi connectivity index (χ1n) is 6.47. The van der Waals surface area contributed by atoms with E-state index >= 15 is 0 Å². The van der Waals surface area contributed by atoms with Gasteiger partial charge in [-0.15, -0.1) is 11.6 Å². The molecular weight excluding hydrogens is 267 g/mol. The number of halogens is 2. The van der Waals surface area contributed by atoms with Gasteiger partial charge in [0.25, 0.3) is 0 Å². The van der Waals surface area contributed by atoms with Crippen molar-refractivity contribution in [3.05, 3.63) is 30.1 Å². The van der Waals surface area contributed by atoms with Crippen molar-refractivity contribution in [2.75, 3.05) is 37.0 Å². The molecule has 1 fully saturated rings. The van der Waals surface area contributed by atoms with E-state index in [9.17, 15) is 9.18 Å². The molecule has 0 radical (unpaired) electrons. The van der Waals surface area contributed by atoms with Crippen LogP contribution in [0.2, 0.25) is 0 Å². The Balaban J connectivity index is 1.96. The third-order valence-corrected chi connectivity index (χ3v) is 3.90. The minimum atomic E-state index is -0.212. The summed E-state index contributed by atoms with van der Waals surface area (Å²) in [7, 11) is 0. The van der Waals surface area contributed by atoms with Gasteiger partial charge in [0.15, 0.2) is 0 Å². The molecule has 1 aromatic rings. The smallest absolute Gasteiger partial charge is 0.226 e. The van der Waals surface area contributed by atoms with E-state index in [1.807, 2.05) is 22.8 Å². The molecule has 5 heteroatoms. The fourth-order valence-corrected chi connectivity index (χ4v) is 2.39. The summed E-state index contributed by atoms with van der Waals surface area (Å²) in [6.07, 6.45) is 0. The van der Waals surface area contributed by atoms with Crippen LogP contribution in [0, 0.1) is 11.7 Å². The summed E-state index contributed by atoms with van der Waals surface area (Å²) < 4.78 is 13.7. The maximum absolute atomic E-state index is 13.7. The number of carbonyl (C=O) groups excluding carboxylic acids is 1. The number of carbonyl (C=O) groups is 1. The highest BCUT2D eigenvalue weighted by molar-refractivity contribution is 6.19. The lowest BCUT2D eigenvalue weighted by Gasteiger charge is -2.37. The van der Waals surface area contributed by atoms with Crippen molar-refractivity contribution in [3.8, 4) is 0 Å². The molecule has 0 N–H and O–H groups in total. The Morgan fingerprint density at radius 1 is 1.32 bits per heavy atom. The van der Waals surface area contributed by atoms with Crippen molar-refractivity contribution in [2.24, 2.45) is 5.92 Å². The standard InChI is InChI=1S/C14H18ClFN2O/c1-11(10-15)14(19)18-8-6-17(7-9-18)13-5-3-2-4-12(13)16/h2-5,11H,6-10H2,1H3. The number of piperazine rings is 1. The minimum Gasteiger partial charge on any atom is -0.366 e. The first kappa shape index (κ1) is 14.1. The predicted molar refractivity (Wildman–Crippen MR) is 75.1 cm³/mol. The van der Waals surface area contributed by atoms with Crippen molar-refractivity contribution in [2.45, 2.75) is 6.92 Å². The lowest BCUT2D eigenvalue weighted by atomic mass is 10.1. The monoisotopic (exact) mass is 284 g/mol. The largest absolute Gasteiger partial charge is 0.366 e. The Bertz CT molecular complexity index is 447. The van der Waals surface area contributed by atoms with Gasteiger partial charge in [-0.05, 0) is 12.1 Å². The molecule has 2 rings (SSSR count).